The summed E-state index contributed by atoms with van der Waals surface area (Å²) < 4.78 is 5.65. The van der Waals surface area contributed by atoms with Crippen LogP contribution in [0.15, 0.2) is 30.3 Å². The zero-order valence-corrected chi connectivity index (χ0v) is 13.0. The first-order valence-electron chi connectivity index (χ1n) is 6.95. The van der Waals surface area contributed by atoms with Crippen molar-refractivity contribution in [3.05, 3.63) is 30.3 Å². The summed E-state index contributed by atoms with van der Waals surface area (Å²) >= 11 is 0. The largest absolute Gasteiger partial charge is 0.468 e. The number of aliphatic hydroxyl groups is 1. The number of urea groups is 1. The minimum atomic E-state index is -0.887. The number of rotatable bonds is 6. The van der Waals surface area contributed by atoms with Gasteiger partial charge in [0.2, 0.25) is 6.23 Å². The first-order valence-corrected chi connectivity index (χ1v) is 6.95. The van der Waals surface area contributed by atoms with Crippen LogP contribution in [0, 0.1) is 0 Å². The molecule has 1 aromatic carbocycles. The van der Waals surface area contributed by atoms with Crippen LogP contribution >= 0.6 is 0 Å². The van der Waals surface area contributed by atoms with Crippen molar-refractivity contribution in [2.24, 2.45) is 0 Å². The Hall–Kier alpha value is -1.79. The zero-order valence-electron chi connectivity index (χ0n) is 13.0. The number of ether oxygens (including phenoxy) is 1. The third-order valence-electron chi connectivity index (χ3n) is 2.70. The molecule has 0 aliphatic rings. The summed E-state index contributed by atoms with van der Waals surface area (Å²) in [5.74, 6) is 0.578. The number of nitrogens with one attached hydrogen (secondary N) is 3. The first kappa shape index (κ1) is 17.3. The third kappa shape index (κ3) is 6.97. The summed E-state index contributed by atoms with van der Waals surface area (Å²) in [6, 6.07) is 8.64. The number of hydrogen-bond donors (Lipinski definition) is 4. The lowest BCUT2D eigenvalue weighted by Gasteiger charge is -2.28. The van der Waals surface area contributed by atoms with Gasteiger partial charge in [0.1, 0.15) is 11.9 Å². The Balaban J connectivity index is 2.69. The molecule has 6 heteroatoms. The third-order valence-corrected chi connectivity index (χ3v) is 2.70. The van der Waals surface area contributed by atoms with Gasteiger partial charge >= 0.3 is 6.03 Å². The number of para-hydroxylation sites is 1. The fourth-order valence-corrected chi connectivity index (χ4v) is 1.57. The summed E-state index contributed by atoms with van der Waals surface area (Å²) in [7, 11) is 1.51. The van der Waals surface area contributed by atoms with Crippen LogP contribution in [0.4, 0.5) is 4.79 Å². The number of carbonyl (C=O) groups excluding carboxylic acids is 1. The lowest BCUT2D eigenvalue weighted by Crippen LogP contribution is -2.54. The van der Waals surface area contributed by atoms with Crippen LogP contribution in [0.5, 0.6) is 5.75 Å². The second-order valence-corrected chi connectivity index (χ2v) is 5.77. The van der Waals surface area contributed by atoms with E-state index in [2.05, 4.69) is 16.0 Å². The number of aliphatic hydroxyl groups excluding tert-OH is 1. The van der Waals surface area contributed by atoms with E-state index in [4.69, 9.17) is 4.74 Å². The van der Waals surface area contributed by atoms with Gasteiger partial charge in [0.15, 0.2) is 0 Å². The summed E-state index contributed by atoms with van der Waals surface area (Å²) in [5.41, 5.74) is -0.134. The van der Waals surface area contributed by atoms with Gasteiger partial charge in [-0.1, -0.05) is 18.2 Å². The molecule has 0 aromatic heterocycles. The molecule has 0 heterocycles. The number of benzene rings is 1. The average Bonchev–Trinajstić information content (AvgIpc) is 2.44. The van der Waals surface area contributed by atoms with E-state index in [1.165, 1.54) is 7.05 Å². The predicted molar refractivity (Wildman–Crippen MR) is 82.2 cm³/mol. The summed E-state index contributed by atoms with van der Waals surface area (Å²) in [5, 5.41) is 18.5. The van der Waals surface area contributed by atoms with Crippen molar-refractivity contribution in [1.29, 1.82) is 0 Å². The molecule has 21 heavy (non-hydrogen) atoms. The monoisotopic (exact) mass is 295 g/mol. The Kier molecular flexibility index (Phi) is 6.45. The molecule has 1 rings (SSSR count). The fraction of sp³-hybridized carbons (Fsp3) is 0.533. The van der Waals surface area contributed by atoms with Gasteiger partial charge < -0.3 is 25.8 Å². The normalized spacial score (nSPS) is 14.1. The Morgan fingerprint density at radius 2 is 1.90 bits per heavy atom. The van der Waals surface area contributed by atoms with Gasteiger partial charge in [-0.05, 0) is 32.9 Å². The SMILES string of the molecule is CNC(=O)NC(Oc1ccccc1)C(O)CNC(C)(C)C. The minimum Gasteiger partial charge on any atom is -0.468 e. The molecule has 0 aliphatic carbocycles. The van der Waals surface area contributed by atoms with Crippen LogP contribution in [0.25, 0.3) is 0 Å². The molecule has 0 aliphatic heterocycles. The van der Waals surface area contributed by atoms with Crippen LogP contribution in [-0.4, -0.2) is 42.6 Å². The maximum atomic E-state index is 11.5. The molecule has 2 unspecified atom stereocenters. The van der Waals surface area contributed by atoms with E-state index in [1.807, 2.05) is 39.0 Å². The van der Waals surface area contributed by atoms with E-state index in [9.17, 15) is 9.90 Å². The van der Waals surface area contributed by atoms with Crippen LogP contribution in [0.2, 0.25) is 0 Å². The molecule has 2 atom stereocenters. The predicted octanol–water partition coefficient (Wildman–Crippen LogP) is 1.07. The maximum absolute atomic E-state index is 11.5. The van der Waals surface area contributed by atoms with E-state index in [1.54, 1.807) is 12.1 Å². The van der Waals surface area contributed by atoms with Gasteiger partial charge in [-0.25, -0.2) is 4.79 Å². The Labute approximate surface area is 125 Å². The molecule has 4 N–H and O–H groups in total. The van der Waals surface area contributed by atoms with E-state index in [-0.39, 0.29) is 5.54 Å². The van der Waals surface area contributed by atoms with Gasteiger partial charge in [0.25, 0.3) is 0 Å². The molecule has 118 valence electrons. The minimum absolute atomic E-state index is 0.134. The van der Waals surface area contributed by atoms with Gasteiger partial charge in [-0.3, -0.25) is 0 Å². The maximum Gasteiger partial charge on any atom is 0.317 e. The van der Waals surface area contributed by atoms with Crippen molar-refractivity contribution in [3.63, 3.8) is 0 Å². The summed E-state index contributed by atoms with van der Waals surface area (Å²) in [6.07, 6.45) is -1.73. The first-order chi connectivity index (χ1) is 9.81. The van der Waals surface area contributed by atoms with Crippen molar-refractivity contribution < 1.29 is 14.6 Å². The van der Waals surface area contributed by atoms with Gasteiger partial charge in [-0.15, -0.1) is 0 Å². The van der Waals surface area contributed by atoms with Crippen LogP contribution in [-0.2, 0) is 0 Å². The van der Waals surface area contributed by atoms with Crippen molar-refractivity contribution in [2.45, 2.75) is 38.6 Å². The summed E-state index contributed by atoms with van der Waals surface area (Å²) in [4.78, 5) is 11.5. The summed E-state index contributed by atoms with van der Waals surface area (Å²) in [6.45, 7) is 6.29. The van der Waals surface area contributed by atoms with E-state index < -0.39 is 18.4 Å². The molecule has 0 saturated heterocycles. The van der Waals surface area contributed by atoms with Gasteiger partial charge in [0.05, 0.1) is 0 Å². The Morgan fingerprint density at radius 3 is 2.43 bits per heavy atom. The number of hydrogen-bond acceptors (Lipinski definition) is 4. The van der Waals surface area contributed by atoms with Crippen molar-refractivity contribution in [1.82, 2.24) is 16.0 Å². The van der Waals surface area contributed by atoms with Crippen molar-refractivity contribution in [2.75, 3.05) is 13.6 Å². The molecule has 6 nitrogen and oxygen atoms in total. The highest BCUT2D eigenvalue weighted by Gasteiger charge is 2.24. The standard InChI is InChI=1S/C15H25N3O3/c1-15(2,3)17-10-12(19)13(18-14(20)16-4)21-11-8-6-5-7-9-11/h5-9,12-13,17,19H,10H2,1-4H3,(H2,16,18,20). The van der Waals surface area contributed by atoms with Crippen LogP contribution in [0.3, 0.4) is 0 Å². The molecule has 0 radical (unpaired) electrons. The smallest absolute Gasteiger partial charge is 0.317 e. The highest BCUT2D eigenvalue weighted by Crippen LogP contribution is 2.12. The van der Waals surface area contributed by atoms with E-state index in [0.717, 1.165) is 0 Å². The highest BCUT2D eigenvalue weighted by atomic mass is 16.5. The van der Waals surface area contributed by atoms with Gasteiger partial charge in [-0.2, -0.15) is 0 Å². The number of amides is 2. The molecule has 1 aromatic rings. The Morgan fingerprint density at radius 1 is 1.29 bits per heavy atom. The van der Waals surface area contributed by atoms with E-state index in [0.29, 0.717) is 12.3 Å². The lowest BCUT2D eigenvalue weighted by molar-refractivity contribution is 0.0197. The molecule has 0 bridgehead atoms. The molecular weight excluding hydrogens is 270 g/mol. The molecule has 0 spiro atoms. The Bertz CT molecular complexity index is 432. The van der Waals surface area contributed by atoms with Crippen molar-refractivity contribution >= 4 is 6.03 Å². The molecule has 0 fully saturated rings. The van der Waals surface area contributed by atoms with E-state index >= 15 is 0 Å². The highest BCUT2D eigenvalue weighted by molar-refractivity contribution is 5.73. The molecular formula is C15H25N3O3. The second-order valence-electron chi connectivity index (χ2n) is 5.77. The fourth-order valence-electron chi connectivity index (χ4n) is 1.57. The lowest BCUT2D eigenvalue weighted by atomic mass is 10.1. The van der Waals surface area contributed by atoms with Crippen LogP contribution < -0.4 is 20.7 Å². The van der Waals surface area contributed by atoms with Crippen LogP contribution in [0.1, 0.15) is 20.8 Å². The van der Waals surface area contributed by atoms with Crippen molar-refractivity contribution in [3.8, 4) is 5.75 Å². The second kappa shape index (κ2) is 7.85. The quantitative estimate of drug-likeness (QED) is 0.592. The number of β-amino-alcohol motifs (C(OH)–C–C–N with tert-alkyl or cyclic N) is 1. The zero-order chi connectivity index (χ0) is 15.9. The molecule has 0 saturated carbocycles. The topological polar surface area (TPSA) is 82.6 Å². The number of carbonyl (C=O) groups is 1. The average molecular weight is 295 g/mol. The molecule has 2 amide bonds. The van der Waals surface area contributed by atoms with Gasteiger partial charge in [0, 0.05) is 19.1 Å².